The van der Waals surface area contributed by atoms with Crippen molar-refractivity contribution in [3.8, 4) is 0 Å². The maximum absolute atomic E-state index is 9.16. The third-order valence-electron chi connectivity index (χ3n) is 3.85. The first-order chi connectivity index (χ1) is 11.2. The summed E-state index contributed by atoms with van der Waals surface area (Å²) in [7, 11) is 0. The van der Waals surface area contributed by atoms with Crippen LogP contribution in [0.15, 0.2) is 46.9 Å². The van der Waals surface area contributed by atoms with Gasteiger partial charge in [0.1, 0.15) is 11.6 Å². The molecule has 0 spiro atoms. The molecule has 0 radical (unpaired) electrons. The van der Waals surface area contributed by atoms with E-state index in [4.69, 9.17) is 9.84 Å². The molecule has 1 aliphatic carbocycles. The lowest BCUT2D eigenvalue weighted by Crippen LogP contribution is -2.24. The van der Waals surface area contributed by atoms with Crippen molar-refractivity contribution in [1.82, 2.24) is 10.4 Å². The normalized spacial score (nSPS) is 20.7. The van der Waals surface area contributed by atoms with E-state index < -0.39 is 0 Å². The Hall–Kier alpha value is -2.34. The number of hydrogen-bond acceptors (Lipinski definition) is 6. The number of fused-ring (bicyclic) bond motifs is 1. The minimum atomic E-state index is -0.0458. The van der Waals surface area contributed by atoms with Crippen LogP contribution in [0.3, 0.4) is 0 Å². The summed E-state index contributed by atoms with van der Waals surface area (Å²) in [6, 6.07) is 4.05. The summed E-state index contributed by atoms with van der Waals surface area (Å²) in [6.45, 7) is 4.60. The molecule has 1 aromatic heterocycles. The predicted octanol–water partition coefficient (Wildman–Crippen LogP) is 1.80. The molecule has 0 saturated heterocycles. The third-order valence-corrected chi connectivity index (χ3v) is 3.85. The van der Waals surface area contributed by atoms with Gasteiger partial charge in [-0.05, 0) is 44.6 Å². The maximum atomic E-state index is 9.16. The van der Waals surface area contributed by atoms with Gasteiger partial charge in [-0.3, -0.25) is 0 Å². The Kier molecular flexibility index (Phi) is 4.62. The zero-order valence-electron chi connectivity index (χ0n) is 13.4. The van der Waals surface area contributed by atoms with Gasteiger partial charge in [-0.1, -0.05) is 0 Å². The van der Waals surface area contributed by atoms with Crippen LogP contribution in [0.2, 0.25) is 0 Å². The van der Waals surface area contributed by atoms with Crippen LogP contribution in [0.1, 0.15) is 25.8 Å². The second kappa shape index (κ2) is 6.83. The Labute approximate surface area is 136 Å². The Morgan fingerprint density at radius 2 is 2.39 bits per heavy atom. The molecule has 122 valence electrons. The summed E-state index contributed by atoms with van der Waals surface area (Å²) in [6.07, 6.45) is 6.76. The molecule has 0 fully saturated rings. The van der Waals surface area contributed by atoms with Crippen LogP contribution < -0.4 is 10.7 Å². The summed E-state index contributed by atoms with van der Waals surface area (Å²) >= 11 is 0. The predicted molar refractivity (Wildman–Crippen MR) is 90.3 cm³/mol. The molecular weight excluding hydrogens is 292 g/mol. The highest BCUT2D eigenvalue weighted by Gasteiger charge is 2.28. The molecular formula is C17H22N4O2. The lowest BCUT2D eigenvalue weighted by atomic mass is 9.92. The van der Waals surface area contributed by atoms with Gasteiger partial charge in [0.15, 0.2) is 0 Å². The lowest BCUT2D eigenvalue weighted by Gasteiger charge is -2.18. The highest BCUT2D eigenvalue weighted by molar-refractivity contribution is 6.15. The first kappa shape index (κ1) is 15.6. The number of anilines is 1. The van der Waals surface area contributed by atoms with Crippen molar-refractivity contribution in [1.29, 1.82) is 0 Å². The molecule has 0 amide bonds. The molecule has 3 N–H and O–H groups in total. The summed E-state index contributed by atoms with van der Waals surface area (Å²) < 4.78 is 5.62. The lowest BCUT2D eigenvalue weighted by molar-refractivity contribution is 0.239. The van der Waals surface area contributed by atoms with Gasteiger partial charge in [0.05, 0.1) is 25.0 Å². The van der Waals surface area contributed by atoms with Gasteiger partial charge in [-0.15, -0.1) is 0 Å². The molecule has 1 unspecified atom stereocenters. The van der Waals surface area contributed by atoms with E-state index in [1.165, 1.54) is 0 Å². The van der Waals surface area contributed by atoms with Gasteiger partial charge in [-0.2, -0.15) is 5.10 Å². The fraction of sp³-hybridized carbons (Fsp3) is 0.412. The molecule has 0 saturated carbocycles. The summed E-state index contributed by atoms with van der Waals surface area (Å²) in [5.41, 5.74) is 6.23. The minimum absolute atomic E-state index is 0.0458. The van der Waals surface area contributed by atoms with Crippen LogP contribution in [0.25, 0.3) is 0 Å². The molecule has 3 rings (SSSR count). The van der Waals surface area contributed by atoms with Gasteiger partial charge in [0.25, 0.3) is 0 Å². The van der Waals surface area contributed by atoms with Gasteiger partial charge in [0.2, 0.25) is 0 Å². The summed E-state index contributed by atoms with van der Waals surface area (Å²) in [5.74, 6) is 1.63. The Bertz CT molecular complexity index is 666. The van der Waals surface area contributed by atoms with Gasteiger partial charge in [-0.25, -0.2) is 4.98 Å². The van der Waals surface area contributed by atoms with Crippen molar-refractivity contribution in [3.63, 3.8) is 0 Å². The highest BCUT2D eigenvalue weighted by atomic mass is 16.5. The molecule has 1 aromatic rings. The number of aromatic nitrogens is 1. The van der Waals surface area contributed by atoms with E-state index in [1.54, 1.807) is 6.20 Å². The zero-order valence-corrected chi connectivity index (χ0v) is 13.4. The number of hydrogen-bond donors (Lipinski definition) is 3. The number of ether oxygens (including phenoxy) is 1. The SMILES string of the molecule is CCOC1=CCC2NN=C(c3ccnc(N[C@H](C)CO)c3)C2=C1. The summed E-state index contributed by atoms with van der Waals surface area (Å²) in [5, 5.41) is 16.8. The minimum Gasteiger partial charge on any atom is -0.494 e. The molecule has 2 atom stereocenters. The fourth-order valence-electron chi connectivity index (χ4n) is 2.69. The monoisotopic (exact) mass is 314 g/mol. The van der Waals surface area contributed by atoms with Crippen molar-refractivity contribution >= 4 is 11.5 Å². The van der Waals surface area contributed by atoms with Crippen LogP contribution in [0.4, 0.5) is 5.82 Å². The number of nitrogens with zero attached hydrogens (tertiary/aromatic N) is 2. The van der Waals surface area contributed by atoms with E-state index in [0.29, 0.717) is 6.61 Å². The number of allylic oxidation sites excluding steroid dienone is 1. The van der Waals surface area contributed by atoms with E-state index in [0.717, 1.165) is 34.8 Å². The Morgan fingerprint density at radius 1 is 1.52 bits per heavy atom. The van der Waals surface area contributed by atoms with Crippen LogP contribution in [-0.2, 0) is 4.74 Å². The number of nitrogens with one attached hydrogen (secondary N) is 2. The Morgan fingerprint density at radius 3 is 3.17 bits per heavy atom. The maximum Gasteiger partial charge on any atom is 0.126 e. The van der Waals surface area contributed by atoms with E-state index >= 15 is 0 Å². The van der Waals surface area contributed by atoms with E-state index in [2.05, 4.69) is 33.0 Å². The van der Waals surface area contributed by atoms with Crippen LogP contribution in [0.5, 0.6) is 0 Å². The van der Waals surface area contributed by atoms with Gasteiger partial charge < -0.3 is 20.6 Å². The van der Waals surface area contributed by atoms with Crippen molar-refractivity contribution in [3.05, 3.63) is 47.4 Å². The largest absolute Gasteiger partial charge is 0.494 e. The number of rotatable bonds is 6. The van der Waals surface area contributed by atoms with E-state index in [9.17, 15) is 0 Å². The molecule has 23 heavy (non-hydrogen) atoms. The zero-order chi connectivity index (χ0) is 16.2. The first-order valence-electron chi connectivity index (χ1n) is 7.93. The molecule has 0 aromatic carbocycles. The molecule has 2 aliphatic rings. The standard InChI is InChI=1S/C17H22N4O2/c1-3-23-13-4-5-15-14(9-13)17(21-20-15)12-6-7-18-16(8-12)19-11(2)10-22/h4,6-9,11,15,20,22H,3,5,10H2,1-2H3,(H,18,19)/t11-,15?/m1/s1. The summed E-state index contributed by atoms with van der Waals surface area (Å²) in [4.78, 5) is 4.29. The molecule has 1 aliphatic heterocycles. The number of pyridine rings is 1. The first-order valence-corrected chi connectivity index (χ1v) is 7.93. The molecule has 6 heteroatoms. The van der Waals surface area contributed by atoms with Gasteiger partial charge in [0, 0.05) is 23.4 Å². The Balaban J connectivity index is 1.84. The topological polar surface area (TPSA) is 78.8 Å². The van der Waals surface area contributed by atoms with Crippen LogP contribution in [0, 0.1) is 0 Å². The fourth-order valence-corrected chi connectivity index (χ4v) is 2.69. The second-order valence-electron chi connectivity index (χ2n) is 5.67. The quantitative estimate of drug-likeness (QED) is 0.746. The van der Waals surface area contributed by atoms with Crippen molar-refractivity contribution in [2.45, 2.75) is 32.4 Å². The average Bonchev–Trinajstić information content (AvgIpc) is 2.98. The van der Waals surface area contributed by atoms with Gasteiger partial charge >= 0.3 is 0 Å². The van der Waals surface area contributed by atoms with Crippen LogP contribution in [-0.4, -0.2) is 41.1 Å². The van der Waals surface area contributed by atoms with Crippen molar-refractivity contribution in [2.24, 2.45) is 5.10 Å². The number of hydrazone groups is 1. The van der Waals surface area contributed by atoms with Crippen molar-refractivity contribution < 1.29 is 9.84 Å². The second-order valence-corrected chi connectivity index (χ2v) is 5.67. The van der Waals surface area contributed by atoms with Crippen molar-refractivity contribution in [2.75, 3.05) is 18.5 Å². The average molecular weight is 314 g/mol. The highest BCUT2D eigenvalue weighted by Crippen LogP contribution is 2.27. The third kappa shape index (κ3) is 3.37. The molecule has 0 bridgehead atoms. The van der Waals surface area contributed by atoms with E-state index in [1.807, 2.05) is 26.0 Å². The number of aliphatic hydroxyl groups excluding tert-OH is 1. The van der Waals surface area contributed by atoms with E-state index in [-0.39, 0.29) is 18.7 Å². The number of aliphatic hydroxyl groups is 1. The molecule has 2 heterocycles. The van der Waals surface area contributed by atoms with Crippen LogP contribution >= 0.6 is 0 Å². The molecule has 6 nitrogen and oxygen atoms in total. The smallest absolute Gasteiger partial charge is 0.126 e.